The van der Waals surface area contributed by atoms with E-state index in [0.29, 0.717) is 0 Å². The molecule has 2 heteroatoms. The van der Waals surface area contributed by atoms with Crippen LogP contribution in [0.25, 0.3) is 72.0 Å². The maximum Gasteiger partial charge on any atom is 0.0618 e. The molecule has 0 aliphatic rings. The fraction of sp³-hybridized carbons (Fsp3) is 0.0182. The van der Waals surface area contributed by atoms with Crippen molar-refractivity contribution < 1.29 is 0 Å². The summed E-state index contributed by atoms with van der Waals surface area (Å²) in [6, 6.07) is 81.3. The van der Waals surface area contributed by atoms with E-state index in [1.165, 1.54) is 72.0 Å². The van der Waals surface area contributed by atoms with E-state index >= 15 is 0 Å². The highest BCUT2D eigenvalue weighted by Gasteiger charge is 2.22. The molecule has 1 aromatic heterocycles. The fourth-order valence-electron chi connectivity index (χ4n) is 8.25. The highest BCUT2D eigenvalue weighted by atomic mass is 15.1. The Morgan fingerprint density at radius 3 is 1.30 bits per heavy atom. The summed E-state index contributed by atoms with van der Waals surface area (Å²) in [4.78, 5) is 2.38. The molecule has 10 rings (SSSR count). The first-order valence-corrected chi connectivity index (χ1v) is 19.6. The van der Waals surface area contributed by atoms with E-state index < -0.39 is 0 Å². The largest absolute Gasteiger partial charge is 0.310 e. The lowest BCUT2D eigenvalue weighted by Gasteiger charge is -2.26. The van der Waals surface area contributed by atoms with E-state index in [4.69, 9.17) is 0 Å². The van der Waals surface area contributed by atoms with E-state index in [1.54, 1.807) is 0 Å². The van der Waals surface area contributed by atoms with Gasteiger partial charge < -0.3 is 9.47 Å². The molecule has 0 radical (unpaired) electrons. The highest BCUT2D eigenvalue weighted by molar-refractivity contribution is 6.11. The molecule has 1 heterocycles. The molecule has 10 aromatic rings. The maximum atomic E-state index is 2.50. The third-order valence-electron chi connectivity index (χ3n) is 11.1. The number of hydrogen-bond acceptors (Lipinski definition) is 1. The van der Waals surface area contributed by atoms with Crippen LogP contribution in [0.15, 0.2) is 224 Å². The number of nitrogens with zero attached hydrogens (tertiary/aromatic N) is 2. The zero-order chi connectivity index (χ0) is 38.1. The Hall–Kier alpha value is -7.42. The molecule has 57 heavy (non-hydrogen) atoms. The lowest BCUT2D eigenvalue weighted by atomic mass is 9.95. The number of aryl methyl sites for hydroxylation is 1. The van der Waals surface area contributed by atoms with Crippen molar-refractivity contribution in [3.63, 3.8) is 0 Å². The summed E-state index contributed by atoms with van der Waals surface area (Å²) in [6.07, 6.45) is 0. The SMILES string of the molecule is Cc1ccc(-c2cccc(-c3ccccc3)c2-n2c3ccccc3c3ccc(N(c4ccc(-c5ccccc5)cc4)c4ccc(-c5ccccc5)cc4)cc32)cc1. The fourth-order valence-corrected chi connectivity index (χ4v) is 8.25. The molecule has 0 saturated carbocycles. The molecule has 270 valence electrons. The van der Waals surface area contributed by atoms with Gasteiger partial charge in [-0.25, -0.2) is 0 Å². The van der Waals surface area contributed by atoms with Gasteiger partial charge in [0.15, 0.2) is 0 Å². The average Bonchev–Trinajstić information content (AvgIpc) is 3.61. The Bertz CT molecular complexity index is 2880. The van der Waals surface area contributed by atoms with Gasteiger partial charge in [-0.05, 0) is 82.8 Å². The van der Waals surface area contributed by atoms with Crippen molar-refractivity contribution in [2.75, 3.05) is 4.90 Å². The van der Waals surface area contributed by atoms with Gasteiger partial charge >= 0.3 is 0 Å². The van der Waals surface area contributed by atoms with Gasteiger partial charge in [-0.15, -0.1) is 0 Å². The van der Waals surface area contributed by atoms with Crippen LogP contribution >= 0.6 is 0 Å². The van der Waals surface area contributed by atoms with Gasteiger partial charge in [0, 0.05) is 39.0 Å². The number of para-hydroxylation sites is 2. The summed E-state index contributed by atoms with van der Waals surface area (Å²) >= 11 is 0. The predicted octanol–water partition coefficient (Wildman–Crippen LogP) is 15.2. The number of fused-ring (bicyclic) bond motifs is 3. The first-order valence-electron chi connectivity index (χ1n) is 19.6. The third kappa shape index (κ3) is 6.38. The second-order valence-corrected chi connectivity index (χ2v) is 14.6. The predicted molar refractivity (Wildman–Crippen MR) is 242 cm³/mol. The van der Waals surface area contributed by atoms with Crippen molar-refractivity contribution >= 4 is 38.9 Å². The van der Waals surface area contributed by atoms with Gasteiger partial charge in [0.25, 0.3) is 0 Å². The van der Waals surface area contributed by atoms with Crippen LogP contribution in [0.3, 0.4) is 0 Å². The van der Waals surface area contributed by atoms with Crippen LogP contribution in [0.5, 0.6) is 0 Å². The van der Waals surface area contributed by atoms with Gasteiger partial charge in [-0.3, -0.25) is 0 Å². The molecule has 0 N–H and O–H groups in total. The standard InChI is InChI=1S/C55H40N2/c1-39-24-26-45(27-25-39)50-22-13-21-49(44-18-9-4-10-19-44)55(50)57-53-23-12-11-20-51(53)52-37-36-48(38-54(52)57)56(46-32-28-42(29-33-46)40-14-5-2-6-15-40)47-34-30-43(31-35-47)41-16-7-3-8-17-41/h2-38H,1H3. The highest BCUT2D eigenvalue weighted by Crippen LogP contribution is 2.44. The van der Waals surface area contributed by atoms with Crippen molar-refractivity contribution in [2.24, 2.45) is 0 Å². The molecule has 0 amide bonds. The molecule has 0 atom stereocenters. The van der Waals surface area contributed by atoms with Gasteiger partial charge in [0.1, 0.15) is 0 Å². The van der Waals surface area contributed by atoms with E-state index in [-0.39, 0.29) is 0 Å². The summed E-state index contributed by atoms with van der Waals surface area (Å²) in [6.45, 7) is 2.15. The monoisotopic (exact) mass is 728 g/mol. The molecule has 0 unspecified atom stereocenters. The topological polar surface area (TPSA) is 8.17 Å². The summed E-state index contributed by atoms with van der Waals surface area (Å²) in [7, 11) is 0. The maximum absolute atomic E-state index is 2.50. The Balaban J connectivity index is 1.21. The van der Waals surface area contributed by atoms with E-state index in [2.05, 4.69) is 241 Å². The molecule has 2 nitrogen and oxygen atoms in total. The first-order chi connectivity index (χ1) is 28.2. The minimum atomic E-state index is 1.08. The Kier molecular flexibility index (Phi) is 8.78. The van der Waals surface area contributed by atoms with E-state index in [1.807, 2.05) is 0 Å². The minimum absolute atomic E-state index is 1.08. The Labute approximate surface area is 334 Å². The lowest BCUT2D eigenvalue weighted by molar-refractivity contribution is 1.18. The number of benzene rings is 9. The van der Waals surface area contributed by atoms with E-state index in [0.717, 1.165) is 22.6 Å². The van der Waals surface area contributed by atoms with Crippen molar-refractivity contribution in [1.29, 1.82) is 0 Å². The van der Waals surface area contributed by atoms with Gasteiger partial charge in [-0.1, -0.05) is 188 Å². The third-order valence-corrected chi connectivity index (χ3v) is 11.1. The second kappa shape index (κ2) is 14.7. The zero-order valence-corrected chi connectivity index (χ0v) is 31.8. The summed E-state index contributed by atoms with van der Waals surface area (Å²) < 4.78 is 2.50. The van der Waals surface area contributed by atoms with Crippen LogP contribution in [0.2, 0.25) is 0 Å². The van der Waals surface area contributed by atoms with Crippen LogP contribution in [-0.4, -0.2) is 4.57 Å². The summed E-state index contributed by atoms with van der Waals surface area (Å²) in [5.74, 6) is 0. The summed E-state index contributed by atoms with van der Waals surface area (Å²) in [5, 5.41) is 2.44. The molecule has 0 saturated heterocycles. The zero-order valence-electron chi connectivity index (χ0n) is 31.8. The van der Waals surface area contributed by atoms with Crippen LogP contribution in [0.4, 0.5) is 17.1 Å². The molecule has 0 fully saturated rings. The normalized spacial score (nSPS) is 11.2. The van der Waals surface area contributed by atoms with Crippen LogP contribution < -0.4 is 4.90 Å². The van der Waals surface area contributed by atoms with Crippen molar-refractivity contribution in [2.45, 2.75) is 6.92 Å². The van der Waals surface area contributed by atoms with Crippen LogP contribution in [-0.2, 0) is 0 Å². The van der Waals surface area contributed by atoms with E-state index in [9.17, 15) is 0 Å². The molecule has 0 spiro atoms. The number of anilines is 3. The van der Waals surface area contributed by atoms with Crippen molar-refractivity contribution in [3.8, 4) is 50.2 Å². The van der Waals surface area contributed by atoms with Gasteiger partial charge in [0.05, 0.1) is 16.7 Å². The average molecular weight is 729 g/mol. The lowest BCUT2D eigenvalue weighted by Crippen LogP contribution is -2.10. The van der Waals surface area contributed by atoms with Crippen molar-refractivity contribution in [3.05, 3.63) is 230 Å². The quantitative estimate of drug-likeness (QED) is 0.151. The number of aromatic nitrogens is 1. The van der Waals surface area contributed by atoms with Crippen LogP contribution in [0.1, 0.15) is 5.56 Å². The number of rotatable bonds is 8. The molecular weight excluding hydrogens is 689 g/mol. The Morgan fingerprint density at radius 1 is 0.316 bits per heavy atom. The van der Waals surface area contributed by atoms with Crippen LogP contribution in [0, 0.1) is 6.92 Å². The van der Waals surface area contributed by atoms with Gasteiger partial charge in [-0.2, -0.15) is 0 Å². The minimum Gasteiger partial charge on any atom is -0.310 e. The smallest absolute Gasteiger partial charge is 0.0618 e. The van der Waals surface area contributed by atoms with Crippen molar-refractivity contribution in [1.82, 2.24) is 4.57 Å². The number of hydrogen-bond donors (Lipinski definition) is 0. The Morgan fingerprint density at radius 2 is 0.737 bits per heavy atom. The molecular formula is C55H40N2. The molecule has 0 aliphatic carbocycles. The summed E-state index contributed by atoms with van der Waals surface area (Å²) in [5.41, 5.74) is 17.5. The molecule has 0 bridgehead atoms. The second-order valence-electron chi connectivity index (χ2n) is 14.6. The molecule has 9 aromatic carbocycles. The first kappa shape index (κ1) is 34.1. The van der Waals surface area contributed by atoms with Gasteiger partial charge in [0.2, 0.25) is 0 Å². The molecule has 0 aliphatic heterocycles.